The highest BCUT2D eigenvalue weighted by molar-refractivity contribution is 5.94. The highest BCUT2D eigenvalue weighted by Gasteiger charge is 2.55. The van der Waals surface area contributed by atoms with Crippen LogP contribution in [-0.4, -0.2) is 61.9 Å². The Kier molecular flexibility index (Phi) is 6.55. The van der Waals surface area contributed by atoms with Gasteiger partial charge in [-0.2, -0.15) is 0 Å². The summed E-state index contributed by atoms with van der Waals surface area (Å²) in [7, 11) is 0. The molecule has 0 bridgehead atoms. The van der Waals surface area contributed by atoms with Crippen LogP contribution in [0, 0.1) is 29.4 Å². The van der Waals surface area contributed by atoms with E-state index < -0.39 is 5.60 Å². The second kappa shape index (κ2) is 9.48. The van der Waals surface area contributed by atoms with E-state index in [0.29, 0.717) is 79.5 Å². The Balaban J connectivity index is 1.09. The SMILES string of the molecule is CC(C)(O)c1ccc(CN2CC3C(CNC(=O)c4ccc(N5CCOCC5)c(F)c4)C3C2)c(F)c1. The fourth-order valence-electron chi connectivity index (χ4n) is 5.49. The van der Waals surface area contributed by atoms with Crippen LogP contribution < -0.4 is 10.2 Å². The van der Waals surface area contributed by atoms with E-state index in [1.807, 2.05) is 4.90 Å². The molecule has 8 heteroatoms. The maximum Gasteiger partial charge on any atom is 0.251 e. The molecule has 1 amide bonds. The number of amides is 1. The third-order valence-electron chi connectivity index (χ3n) is 7.66. The van der Waals surface area contributed by atoms with Crippen LogP contribution in [0.25, 0.3) is 0 Å². The zero-order valence-electron chi connectivity index (χ0n) is 20.3. The second-order valence-corrected chi connectivity index (χ2v) is 10.5. The number of piperidine rings is 1. The molecule has 2 aromatic carbocycles. The summed E-state index contributed by atoms with van der Waals surface area (Å²) in [6, 6.07) is 9.62. The number of halogens is 2. The molecule has 188 valence electrons. The smallest absolute Gasteiger partial charge is 0.251 e. The van der Waals surface area contributed by atoms with Crippen molar-refractivity contribution in [1.82, 2.24) is 10.2 Å². The van der Waals surface area contributed by atoms with Crippen LogP contribution in [-0.2, 0) is 16.9 Å². The molecular weight excluding hydrogens is 452 g/mol. The van der Waals surface area contributed by atoms with Crippen molar-refractivity contribution < 1.29 is 23.4 Å². The Morgan fingerprint density at radius 3 is 2.43 bits per heavy atom. The number of aliphatic hydroxyl groups is 1. The fraction of sp³-hybridized carbons (Fsp3) is 0.519. The topological polar surface area (TPSA) is 65.0 Å². The van der Waals surface area contributed by atoms with Crippen LogP contribution in [0.15, 0.2) is 36.4 Å². The lowest BCUT2D eigenvalue weighted by Gasteiger charge is -2.29. The highest BCUT2D eigenvalue weighted by atomic mass is 19.1. The molecule has 1 saturated carbocycles. The second-order valence-electron chi connectivity index (χ2n) is 10.5. The Labute approximate surface area is 204 Å². The zero-order valence-corrected chi connectivity index (χ0v) is 20.3. The molecule has 0 aromatic heterocycles. The number of carbonyl (C=O) groups is 1. The van der Waals surface area contributed by atoms with Crippen molar-refractivity contribution in [3.8, 4) is 0 Å². The number of morpholine rings is 1. The number of nitrogens with one attached hydrogen (secondary N) is 1. The lowest BCUT2D eigenvalue weighted by Crippen LogP contribution is -2.36. The normalized spacial score (nSPS) is 24.4. The first-order valence-corrected chi connectivity index (χ1v) is 12.3. The van der Waals surface area contributed by atoms with E-state index in [-0.39, 0.29) is 17.5 Å². The first-order chi connectivity index (χ1) is 16.7. The number of hydrogen-bond acceptors (Lipinski definition) is 5. The summed E-state index contributed by atoms with van der Waals surface area (Å²) < 4.78 is 34.5. The molecule has 2 unspecified atom stereocenters. The number of ether oxygens (including phenoxy) is 1. The summed E-state index contributed by atoms with van der Waals surface area (Å²) in [5.41, 5.74) is 0.967. The van der Waals surface area contributed by atoms with Crippen molar-refractivity contribution in [3.05, 3.63) is 64.7 Å². The molecular formula is C27H33F2N3O3. The molecule has 3 fully saturated rings. The van der Waals surface area contributed by atoms with Crippen molar-refractivity contribution >= 4 is 11.6 Å². The Bertz CT molecular complexity index is 1090. The molecule has 3 aliphatic rings. The summed E-state index contributed by atoms with van der Waals surface area (Å²) >= 11 is 0. The molecule has 2 heterocycles. The summed E-state index contributed by atoms with van der Waals surface area (Å²) in [4.78, 5) is 16.8. The third-order valence-corrected chi connectivity index (χ3v) is 7.66. The van der Waals surface area contributed by atoms with E-state index >= 15 is 0 Å². The molecule has 0 spiro atoms. The molecule has 5 rings (SSSR count). The summed E-state index contributed by atoms with van der Waals surface area (Å²) in [5.74, 6) is 0.467. The van der Waals surface area contributed by atoms with Gasteiger partial charge in [0.15, 0.2) is 0 Å². The molecule has 2 atom stereocenters. The molecule has 2 N–H and O–H groups in total. The van der Waals surface area contributed by atoms with Crippen LogP contribution in [0.5, 0.6) is 0 Å². The molecule has 2 saturated heterocycles. The maximum absolute atomic E-state index is 14.6. The Morgan fingerprint density at radius 1 is 1.09 bits per heavy atom. The van der Waals surface area contributed by atoms with E-state index in [2.05, 4.69) is 10.2 Å². The van der Waals surface area contributed by atoms with Gasteiger partial charge in [0.2, 0.25) is 0 Å². The standard InChI is InChI=1S/C27H33F2N3O3/c1-27(2,34)19-5-3-18(23(28)12-19)14-31-15-21-20(22(21)16-31)13-30-26(33)17-4-6-25(24(29)11-17)32-7-9-35-10-8-32/h3-6,11-12,20-22,34H,7-10,13-16H2,1-2H3,(H,30,33). The first kappa shape index (κ1) is 24.2. The number of fused-ring (bicyclic) bond motifs is 1. The average molecular weight is 486 g/mol. The largest absolute Gasteiger partial charge is 0.386 e. The minimum atomic E-state index is -1.07. The van der Waals surface area contributed by atoms with E-state index in [9.17, 15) is 18.7 Å². The lowest BCUT2D eigenvalue weighted by atomic mass is 9.97. The number of carbonyl (C=O) groups excluding carboxylic acids is 1. The van der Waals surface area contributed by atoms with E-state index in [0.717, 1.165) is 13.1 Å². The number of anilines is 1. The maximum atomic E-state index is 14.6. The predicted molar refractivity (Wildman–Crippen MR) is 129 cm³/mol. The van der Waals surface area contributed by atoms with Crippen LogP contribution in [0.2, 0.25) is 0 Å². The third kappa shape index (κ3) is 5.20. The fourth-order valence-corrected chi connectivity index (χ4v) is 5.49. The van der Waals surface area contributed by atoms with Gasteiger partial charge in [-0.1, -0.05) is 12.1 Å². The van der Waals surface area contributed by atoms with Crippen LogP contribution >= 0.6 is 0 Å². The van der Waals surface area contributed by atoms with Gasteiger partial charge in [-0.3, -0.25) is 9.69 Å². The quantitative estimate of drug-likeness (QED) is 0.631. The molecule has 2 aromatic rings. The van der Waals surface area contributed by atoms with E-state index in [1.165, 1.54) is 12.1 Å². The molecule has 35 heavy (non-hydrogen) atoms. The summed E-state index contributed by atoms with van der Waals surface area (Å²) in [6.45, 7) is 8.59. The lowest BCUT2D eigenvalue weighted by molar-refractivity contribution is 0.0781. The van der Waals surface area contributed by atoms with Crippen LogP contribution in [0.1, 0.15) is 35.3 Å². The van der Waals surface area contributed by atoms with Gasteiger partial charge in [0.1, 0.15) is 11.6 Å². The predicted octanol–water partition coefficient (Wildman–Crippen LogP) is 3.14. The van der Waals surface area contributed by atoms with Gasteiger partial charge in [-0.05, 0) is 61.4 Å². The van der Waals surface area contributed by atoms with Crippen molar-refractivity contribution in [2.24, 2.45) is 17.8 Å². The Morgan fingerprint density at radius 2 is 1.80 bits per heavy atom. The van der Waals surface area contributed by atoms with Gasteiger partial charge in [-0.25, -0.2) is 8.78 Å². The zero-order chi connectivity index (χ0) is 24.7. The number of nitrogens with zero attached hydrogens (tertiary/aromatic N) is 2. The first-order valence-electron chi connectivity index (χ1n) is 12.3. The van der Waals surface area contributed by atoms with Gasteiger partial charge in [0.25, 0.3) is 5.91 Å². The van der Waals surface area contributed by atoms with E-state index in [1.54, 1.807) is 38.1 Å². The molecule has 2 aliphatic heterocycles. The summed E-state index contributed by atoms with van der Waals surface area (Å²) in [5, 5.41) is 13.0. The number of rotatable bonds is 7. The van der Waals surface area contributed by atoms with Gasteiger partial charge < -0.3 is 20.1 Å². The van der Waals surface area contributed by atoms with Crippen molar-refractivity contribution in [2.45, 2.75) is 26.0 Å². The summed E-state index contributed by atoms with van der Waals surface area (Å²) in [6.07, 6.45) is 0. The highest BCUT2D eigenvalue weighted by Crippen LogP contribution is 2.51. The average Bonchev–Trinajstić information content (AvgIpc) is 3.28. The van der Waals surface area contributed by atoms with Crippen LogP contribution in [0.3, 0.4) is 0 Å². The van der Waals surface area contributed by atoms with Gasteiger partial charge in [0, 0.05) is 50.4 Å². The van der Waals surface area contributed by atoms with Crippen molar-refractivity contribution in [3.63, 3.8) is 0 Å². The number of likely N-dealkylation sites (tertiary alicyclic amines) is 1. The van der Waals surface area contributed by atoms with Crippen molar-refractivity contribution in [2.75, 3.05) is 50.8 Å². The van der Waals surface area contributed by atoms with Crippen LogP contribution in [0.4, 0.5) is 14.5 Å². The monoisotopic (exact) mass is 485 g/mol. The minimum Gasteiger partial charge on any atom is -0.386 e. The number of benzene rings is 2. The van der Waals surface area contributed by atoms with Gasteiger partial charge in [-0.15, -0.1) is 0 Å². The van der Waals surface area contributed by atoms with E-state index in [4.69, 9.17) is 4.74 Å². The number of hydrogen-bond donors (Lipinski definition) is 2. The van der Waals surface area contributed by atoms with Gasteiger partial charge in [0.05, 0.1) is 24.5 Å². The Hall–Kier alpha value is -2.55. The molecule has 1 aliphatic carbocycles. The molecule has 0 radical (unpaired) electrons. The minimum absolute atomic E-state index is 0.256. The van der Waals surface area contributed by atoms with Gasteiger partial charge >= 0.3 is 0 Å². The van der Waals surface area contributed by atoms with Crippen molar-refractivity contribution in [1.29, 1.82) is 0 Å². The molecule has 6 nitrogen and oxygen atoms in total.